The Kier molecular flexibility index (Phi) is 2.49. The number of amides is 1. The van der Waals surface area contributed by atoms with Gasteiger partial charge >= 0.3 is 0 Å². The maximum absolute atomic E-state index is 13.1. The van der Waals surface area contributed by atoms with Crippen LogP contribution in [0.15, 0.2) is 0 Å². The Hall–Kier alpha value is -0.570. The number of carbonyl (C=O) groups is 1. The molecule has 1 N–H and O–H groups in total. The number of aliphatic hydroxyl groups excluding tert-OH is 1. The first kappa shape index (κ1) is 13.1. The smallest absolute Gasteiger partial charge is 0.228 e. The molecule has 0 aromatic rings. The monoisotopic (exact) mass is 277 g/mol. The summed E-state index contributed by atoms with van der Waals surface area (Å²) in [4.78, 5) is 15.1. The quantitative estimate of drug-likeness (QED) is 0.800. The van der Waals surface area contributed by atoms with Crippen LogP contribution in [0.2, 0.25) is 0 Å². The van der Waals surface area contributed by atoms with Gasteiger partial charge in [0.1, 0.15) is 0 Å². The Morgan fingerprint density at radius 3 is 2.25 bits per heavy atom. The van der Waals surface area contributed by atoms with E-state index in [1.807, 2.05) is 4.90 Å². The van der Waals surface area contributed by atoms with E-state index in [1.54, 1.807) is 0 Å². The summed E-state index contributed by atoms with van der Waals surface area (Å²) in [5.74, 6) is 1.13. The van der Waals surface area contributed by atoms with Crippen molar-refractivity contribution >= 4 is 5.91 Å². The molecule has 0 aromatic carbocycles. The summed E-state index contributed by atoms with van der Waals surface area (Å²) >= 11 is 0. The van der Waals surface area contributed by atoms with Gasteiger partial charge in [-0.25, -0.2) is 0 Å². The average Bonchev–Trinajstić information content (AvgIpc) is 2.69. The van der Waals surface area contributed by atoms with Gasteiger partial charge in [0, 0.05) is 13.1 Å². The molecule has 1 saturated heterocycles. The van der Waals surface area contributed by atoms with E-state index in [2.05, 4.69) is 13.8 Å². The summed E-state index contributed by atoms with van der Waals surface area (Å²) in [5.41, 5.74) is 0.692. The number of hydrogen-bond acceptors (Lipinski definition) is 2. The second kappa shape index (κ2) is 3.79. The SMILES string of the molecule is C[C@]12CC3CC(C(=O)N4CC[C@H](O)C4)(C1)C[C@@](C)(C3)C2. The van der Waals surface area contributed by atoms with Crippen LogP contribution in [0, 0.1) is 22.2 Å². The minimum absolute atomic E-state index is 0.0903. The van der Waals surface area contributed by atoms with Crippen LogP contribution in [-0.2, 0) is 4.79 Å². The molecule has 0 radical (unpaired) electrons. The van der Waals surface area contributed by atoms with E-state index in [0.717, 1.165) is 38.1 Å². The molecule has 1 heterocycles. The summed E-state index contributed by atoms with van der Waals surface area (Å²) in [6.45, 7) is 6.16. The fourth-order valence-electron chi connectivity index (χ4n) is 6.95. The van der Waals surface area contributed by atoms with E-state index >= 15 is 0 Å². The highest BCUT2D eigenvalue weighted by Gasteiger charge is 2.63. The molecule has 112 valence electrons. The van der Waals surface area contributed by atoms with Crippen molar-refractivity contribution in [1.82, 2.24) is 4.90 Å². The van der Waals surface area contributed by atoms with Crippen LogP contribution in [0.4, 0.5) is 0 Å². The van der Waals surface area contributed by atoms with Crippen LogP contribution in [0.5, 0.6) is 0 Å². The van der Waals surface area contributed by atoms with E-state index in [4.69, 9.17) is 0 Å². The van der Waals surface area contributed by atoms with E-state index < -0.39 is 0 Å². The number of likely N-dealkylation sites (tertiary alicyclic amines) is 1. The fraction of sp³-hybridized carbons (Fsp3) is 0.941. The first-order chi connectivity index (χ1) is 9.32. The third-order valence-electron chi connectivity index (χ3n) is 6.53. The highest BCUT2D eigenvalue weighted by atomic mass is 16.3. The maximum atomic E-state index is 13.1. The van der Waals surface area contributed by atoms with Crippen LogP contribution in [0.3, 0.4) is 0 Å². The molecule has 3 heteroatoms. The lowest BCUT2D eigenvalue weighted by molar-refractivity contribution is -0.178. The van der Waals surface area contributed by atoms with Crippen LogP contribution in [0.1, 0.15) is 58.8 Å². The van der Waals surface area contributed by atoms with Gasteiger partial charge < -0.3 is 10.0 Å². The van der Waals surface area contributed by atoms with Crippen molar-refractivity contribution in [3.8, 4) is 0 Å². The molecule has 5 fully saturated rings. The maximum Gasteiger partial charge on any atom is 0.228 e. The summed E-state index contributed by atoms with van der Waals surface area (Å²) in [5, 5.41) is 9.74. The van der Waals surface area contributed by atoms with E-state index in [9.17, 15) is 9.90 Å². The van der Waals surface area contributed by atoms with Gasteiger partial charge in [-0.3, -0.25) is 4.79 Å². The van der Waals surface area contributed by atoms with Gasteiger partial charge in [0.25, 0.3) is 0 Å². The van der Waals surface area contributed by atoms with Crippen LogP contribution >= 0.6 is 0 Å². The molecule has 2 unspecified atom stereocenters. The Bertz CT molecular complexity index is 442. The standard InChI is InChI=1S/C17H27NO2/c1-15-5-12-6-16(2,9-15)11-17(7-12,10-15)14(20)18-4-3-13(19)8-18/h12-13,19H,3-11H2,1-2H3/t12?,13-,15-,16+,17?/m0/s1. The summed E-state index contributed by atoms with van der Waals surface area (Å²) in [7, 11) is 0. The van der Waals surface area contributed by atoms with Gasteiger partial charge in [0.15, 0.2) is 0 Å². The van der Waals surface area contributed by atoms with E-state index in [1.165, 1.54) is 19.3 Å². The van der Waals surface area contributed by atoms with Crippen molar-refractivity contribution < 1.29 is 9.90 Å². The Balaban J connectivity index is 1.65. The molecule has 0 aromatic heterocycles. The van der Waals surface area contributed by atoms with Crippen molar-refractivity contribution in [2.75, 3.05) is 13.1 Å². The first-order valence-corrected chi connectivity index (χ1v) is 8.29. The van der Waals surface area contributed by atoms with E-state index in [0.29, 0.717) is 23.3 Å². The van der Waals surface area contributed by atoms with Crippen molar-refractivity contribution in [1.29, 1.82) is 0 Å². The third-order valence-corrected chi connectivity index (χ3v) is 6.53. The molecule has 0 spiro atoms. The van der Waals surface area contributed by atoms with Gasteiger partial charge in [-0.15, -0.1) is 0 Å². The van der Waals surface area contributed by atoms with Gasteiger partial charge in [-0.1, -0.05) is 13.8 Å². The zero-order valence-corrected chi connectivity index (χ0v) is 12.8. The average molecular weight is 277 g/mol. The molecule has 3 nitrogen and oxygen atoms in total. The summed E-state index contributed by atoms with van der Waals surface area (Å²) in [6.07, 6.45) is 7.76. The first-order valence-electron chi connectivity index (χ1n) is 8.29. The Morgan fingerprint density at radius 1 is 1.10 bits per heavy atom. The minimum atomic E-state index is -0.293. The van der Waals surface area contributed by atoms with Gasteiger partial charge in [0.2, 0.25) is 5.91 Å². The summed E-state index contributed by atoms with van der Waals surface area (Å²) in [6, 6.07) is 0. The summed E-state index contributed by atoms with van der Waals surface area (Å²) < 4.78 is 0. The fourth-order valence-corrected chi connectivity index (χ4v) is 6.95. The van der Waals surface area contributed by atoms with E-state index in [-0.39, 0.29) is 11.5 Å². The second-order valence-electron chi connectivity index (χ2n) is 9.10. The Morgan fingerprint density at radius 2 is 1.75 bits per heavy atom. The van der Waals surface area contributed by atoms with Crippen LogP contribution < -0.4 is 0 Å². The highest BCUT2D eigenvalue weighted by Crippen LogP contribution is 2.69. The molecule has 20 heavy (non-hydrogen) atoms. The predicted molar refractivity (Wildman–Crippen MR) is 77.0 cm³/mol. The highest BCUT2D eigenvalue weighted by molar-refractivity contribution is 5.84. The molecule has 1 aliphatic heterocycles. The topological polar surface area (TPSA) is 40.5 Å². The van der Waals surface area contributed by atoms with Crippen LogP contribution in [0.25, 0.3) is 0 Å². The largest absolute Gasteiger partial charge is 0.391 e. The molecule has 5 aliphatic rings. The molecule has 1 amide bonds. The zero-order valence-electron chi connectivity index (χ0n) is 12.8. The number of aliphatic hydroxyl groups is 1. The number of nitrogens with zero attached hydrogens (tertiary/aromatic N) is 1. The van der Waals surface area contributed by atoms with Crippen molar-refractivity contribution in [2.45, 2.75) is 64.9 Å². The Labute approximate surface area is 121 Å². The zero-order chi connectivity index (χ0) is 14.2. The van der Waals surface area contributed by atoms with Crippen molar-refractivity contribution in [3.05, 3.63) is 0 Å². The number of carbonyl (C=O) groups excluding carboxylic acids is 1. The number of hydrogen-bond donors (Lipinski definition) is 1. The molecule has 5 atom stereocenters. The molecular formula is C17H27NO2. The lowest BCUT2D eigenvalue weighted by Gasteiger charge is -2.65. The van der Waals surface area contributed by atoms with Gasteiger partial charge in [-0.05, 0) is 61.7 Å². The van der Waals surface area contributed by atoms with Crippen LogP contribution in [-0.4, -0.2) is 35.1 Å². The molecule has 4 saturated carbocycles. The molecule has 4 aliphatic carbocycles. The molecule has 5 rings (SSSR count). The number of β-amino-alcohol motifs (C(OH)–C–C–N with tert-alkyl or cyclic N) is 1. The predicted octanol–water partition coefficient (Wildman–Crippen LogP) is 2.58. The van der Waals surface area contributed by atoms with Gasteiger partial charge in [-0.2, -0.15) is 0 Å². The lowest BCUT2D eigenvalue weighted by Crippen LogP contribution is -2.60. The van der Waals surface area contributed by atoms with Crippen molar-refractivity contribution in [2.24, 2.45) is 22.2 Å². The molecule has 4 bridgehead atoms. The minimum Gasteiger partial charge on any atom is -0.391 e. The molecular weight excluding hydrogens is 250 g/mol. The lowest BCUT2D eigenvalue weighted by atomic mass is 9.40. The van der Waals surface area contributed by atoms with Crippen molar-refractivity contribution in [3.63, 3.8) is 0 Å². The second-order valence-corrected chi connectivity index (χ2v) is 9.10. The third kappa shape index (κ3) is 1.78. The van der Waals surface area contributed by atoms with Gasteiger partial charge in [0.05, 0.1) is 11.5 Å². The number of rotatable bonds is 1. The normalized spacial score (nSPS) is 53.6.